The Kier molecular flexibility index (Phi) is 2.10. The van der Waals surface area contributed by atoms with Gasteiger partial charge in [-0.25, -0.2) is 0 Å². The minimum atomic E-state index is -2.74. The number of hydrogen-bond acceptors (Lipinski definition) is 1. The molecule has 3 heteroatoms. The molecule has 2 fully saturated rings. The van der Waals surface area contributed by atoms with Gasteiger partial charge < -0.3 is 0 Å². The van der Waals surface area contributed by atoms with Gasteiger partial charge in [0.05, 0.1) is 0 Å². The first-order valence-electron chi connectivity index (χ1n) is 4.65. The van der Waals surface area contributed by atoms with Crippen molar-refractivity contribution in [3.05, 3.63) is 0 Å². The van der Waals surface area contributed by atoms with Crippen LogP contribution in [0.1, 0.15) is 32.1 Å². The molecule has 2 rings (SSSR count). The van der Waals surface area contributed by atoms with Crippen LogP contribution in [-0.2, 0) is 0 Å². The van der Waals surface area contributed by atoms with E-state index in [-0.39, 0.29) is 12.3 Å². The van der Waals surface area contributed by atoms with Gasteiger partial charge in [0.2, 0.25) is 0 Å². The van der Waals surface area contributed by atoms with Crippen molar-refractivity contribution in [2.75, 3.05) is 0 Å². The summed E-state index contributed by atoms with van der Waals surface area (Å²) in [4.78, 5) is 0. The van der Waals surface area contributed by atoms with Crippen molar-refractivity contribution in [3.63, 3.8) is 0 Å². The molecule has 0 saturated heterocycles. The fraction of sp³-hybridized carbons (Fsp3) is 1.00. The molecule has 12 heavy (non-hydrogen) atoms. The van der Waals surface area contributed by atoms with Gasteiger partial charge in [-0.1, -0.05) is 6.42 Å². The highest BCUT2D eigenvalue weighted by Gasteiger charge is 2.43. The third kappa shape index (κ3) is 1.76. The van der Waals surface area contributed by atoms with E-state index in [1.807, 2.05) is 0 Å². The van der Waals surface area contributed by atoms with Crippen molar-refractivity contribution in [2.45, 2.75) is 37.4 Å². The van der Waals surface area contributed by atoms with Crippen molar-refractivity contribution < 1.29 is 8.78 Å². The molecule has 0 amide bonds. The molecular weight excluding hydrogens is 178 g/mol. The van der Waals surface area contributed by atoms with Crippen LogP contribution in [0.25, 0.3) is 0 Å². The fourth-order valence-electron chi connectivity index (χ4n) is 2.94. The van der Waals surface area contributed by atoms with Crippen LogP contribution in [0.5, 0.6) is 0 Å². The Bertz CT molecular complexity index is 176. The second-order valence-electron chi connectivity index (χ2n) is 4.30. The summed E-state index contributed by atoms with van der Waals surface area (Å²) >= 11 is 3.29. The number of halogens is 2. The monoisotopic (exact) mass is 192 g/mol. The molecule has 0 heterocycles. The normalized spacial score (nSPS) is 40.8. The molecule has 2 aliphatic rings. The molecule has 0 radical (unpaired) electrons. The van der Waals surface area contributed by atoms with E-state index < -0.39 is 5.25 Å². The van der Waals surface area contributed by atoms with Crippen LogP contribution in [-0.4, -0.2) is 5.25 Å². The maximum atomic E-state index is 12.6. The van der Waals surface area contributed by atoms with Gasteiger partial charge in [-0.3, -0.25) is 0 Å². The zero-order chi connectivity index (χ0) is 8.77. The molecule has 0 N–H and O–H groups in total. The van der Waals surface area contributed by atoms with Gasteiger partial charge in [0, 0.05) is 6.42 Å². The van der Waals surface area contributed by atoms with Crippen molar-refractivity contribution >= 4 is 12.6 Å². The molecule has 0 aromatic rings. The standard InChI is InChI=1S/C9H14F2S/c10-9(11,12)5-8-4-6-1-2-7(8)3-6/h6-8,12H,1-5H2. The topological polar surface area (TPSA) is 0 Å². The van der Waals surface area contributed by atoms with E-state index >= 15 is 0 Å². The maximum Gasteiger partial charge on any atom is 0.291 e. The SMILES string of the molecule is FC(F)(S)CC1CC2CCC1C2. The Hall–Kier alpha value is 0.210. The second-order valence-corrected chi connectivity index (χ2v) is 4.96. The lowest BCUT2D eigenvalue weighted by molar-refractivity contribution is 0.0647. The summed E-state index contributed by atoms with van der Waals surface area (Å²) in [5.74, 6) is 1.61. The molecule has 2 saturated carbocycles. The Morgan fingerprint density at radius 3 is 2.42 bits per heavy atom. The van der Waals surface area contributed by atoms with Gasteiger partial charge in [0.1, 0.15) is 0 Å². The first-order valence-corrected chi connectivity index (χ1v) is 5.09. The molecule has 2 aliphatic carbocycles. The van der Waals surface area contributed by atoms with Gasteiger partial charge >= 0.3 is 0 Å². The lowest BCUT2D eigenvalue weighted by Gasteiger charge is -2.23. The zero-order valence-electron chi connectivity index (χ0n) is 6.97. The van der Waals surface area contributed by atoms with Crippen LogP contribution < -0.4 is 0 Å². The molecule has 70 valence electrons. The second kappa shape index (κ2) is 2.86. The maximum absolute atomic E-state index is 12.6. The van der Waals surface area contributed by atoms with E-state index in [1.54, 1.807) is 0 Å². The number of fused-ring (bicyclic) bond motifs is 2. The summed E-state index contributed by atoms with van der Waals surface area (Å²) in [5, 5.41) is -2.74. The minimum absolute atomic E-state index is 0.00270. The average molecular weight is 192 g/mol. The van der Waals surface area contributed by atoms with Crippen molar-refractivity contribution in [1.29, 1.82) is 0 Å². The van der Waals surface area contributed by atoms with Gasteiger partial charge in [-0.05, 0) is 37.0 Å². The average Bonchev–Trinajstić information content (AvgIpc) is 2.42. The lowest BCUT2D eigenvalue weighted by atomic mass is 9.86. The third-order valence-electron chi connectivity index (χ3n) is 3.39. The Morgan fingerprint density at radius 2 is 2.00 bits per heavy atom. The molecular formula is C9H14F2S. The molecule has 0 aromatic heterocycles. The number of rotatable bonds is 2. The molecule has 3 unspecified atom stereocenters. The molecule has 0 aromatic carbocycles. The zero-order valence-corrected chi connectivity index (χ0v) is 7.87. The molecule has 0 nitrogen and oxygen atoms in total. The summed E-state index contributed by atoms with van der Waals surface area (Å²) < 4.78 is 25.1. The van der Waals surface area contributed by atoms with E-state index in [0.29, 0.717) is 5.92 Å². The summed E-state index contributed by atoms with van der Waals surface area (Å²) in [7, 11) is 0. The van der Waals surface area contributed by atoms with E-state index in [2.05, 4.69) is 12.6 Å². The van der Waals surface area contributed by atoms with E-state index in [4.69, 9.17) is 0 Å². The summed E-state index contributed by atoms with van der Waals surface area (Å²) in [6, 6.07) is 0. The predicted molar refractivity (Wildman–Crippen MR) is 47.5 cm³/mol. The lowest BCUT2D eigenvalue weighted by Crippen LogP contribution is -2.19. The van der Waals surface area contributed by atoms with Crippen molar-refractivity contribution in [2.24, 2.45) is 17.8 Å². The van der Waals surface area contributed by atoms with Crippen LogP contribution in [0, 0.1) is 17.8 Å². The number of hydrogen-bond donors (Lipinski definition) is 1. The molecule has 2 bridgehead atoms. The third-order valence-corrected chi connectivity index (χ3v) is 3.57. The summed E-state index contributed by atoms with van der Waals surface area (Å²) in [5.41, 5.74) is 0. The predicted octanol–water partition coefficient (Wildman–Crippen LogP) is 3.34. The smallest absolute Gasteiger partial charge is 0.195 e. The Balaban J connectivity index is 1.91. The van der Waals surface area contributed by atoms with Gasteiger partial charge in [0.25, 0.3) is 5.25 Å². The Labute approximate surface area is 77.1 Å². The number of alkyl halides is 2. The molecule has 0 aliphatic heterocycles. The largest absolute Gasteiger partial charge is 0.291 e. The van der Waals surface area contributed by atoms with Gasteiger partial charge in [-0.15, -0.1) is 12.6 Å². The highest BCUT2D eigenvalue weighted by Crippen LogP contribution is 2.51. The first kappa shape index (κ1) is 8.79. The van der Waals surface area contributed by atoms with E-state index in [1.165, 1.54) is 19.3 Å². The van der Waals surface area contributed by atoms with E-state index in [0.717, 1.165) is 12.3 Å². The van der Waals surface area contributed by atoms with Crippen molar-refractivity contribution in [1.82, 2.24) is 0 Å². The van der Waals surface area contributed by atoms with Crippen LogP contribution >= 0.6 is 12.6 Å². The summed E-state index contributed by atoms with van der Waals surface area (Å²) in [6.45, 7) is 0. The van der Waals surface area contributed by atoms with E-state index in [9.17, 15) is 8.78 Å². The van der Waals surface area contributed by atoms with Crippen LogP contribution in [0.2, 0.25) is 0 Å². The van der Waals surface area contributed by atoms with Gasteiger partial charge in [-0.2, -0.15) is 8.78 Å². The Morgan fingerprint density at radius 1 is 1.25 bits per heavy atom. The summed E-state index contributed by atoms with van der Waals surface area (Å²) in [6.07, 6.45) is 4.69. The minimum Gasteiger partial charge on any atom is -0.195 e. The van der Waals surface area contributed by atoms with Crippen LogP contribution in [0.3, 0.4) is 0 Å². The van der Waals surface area contributed by atoms with Gasteiger partial charge in [0.15, 0.2) is 0 Å². The number of thiol groups is 1. The van der Waals surface area contributed by atoms with Crippen LogP contribution in [0.15, 0.2) is 0 Å². The molecule has 3 atom stereocenters. The molecule has 0 spiro atoms. The fourth-order valence-corrected chi connectivity index (χ4v) is 3.18. The highest BCUT2D eigenvalue weighted by atomic mass is 32.1. The van der Waals surface area contributed by atoms with Crippen molar-refractivity contribution in [3.8, 4) is 0 Å². The highest BCUT2D eigenvalue weighted by molar-refractivity contribution is 7.81. The van der Waals surface area contributed by atoms with Crippen LogP contribution in [0.4, 0.5) is 8.78 Å². The first-order chi connectivity index (χ1) is 5.54. The quantitative estimate of drug-likeness (QED) is 0.637.